The number of nitrogens with one attached hydrogen (secondary N) is 1. The number of rotatable bonds is 6. The number of pyridine rings is 1. The molecule has 0 amide bonds. The maximum Gasteiger partial charge on any atom is 0.126 e. The van der Waals surface area contributed by atoms with Crippen molar-refractivity contribution in [2.45, 2.75) is 32.4 Å². The van der Waals surface area contributed by atoms with Gasteiger partial charge >= 0.3 is 0 Å². The van der Waals surface area contributed by atoms with Crippen molar-refractivity contribution in [2.24, 2.45) is 0 Å². The maximum atomic E-state index is 4.86. The van der Waals surface area contributed by atoms with Crippen LogP contribution in [0, 0.1) is 0 Å². The van der Waals surface area contributed by atoms with Crippen LogP contribution in [0.15, 0.2) is 42.5 Å². The lowest BCUT2D eigenvalue weighted by molar-refractivity contribution is 0.243. The molecular weight excluding hydrogens is 308 g/mol. The van der Waals surface area contributed by atoms with Crippen LogP contribution in [0.2, 0.25) is 0 Å². The van der Waals surface area contributed by atoms with E-state index in [2.05, 4.69) is 57.6 Å². The summed E-state index contributed by atoms with van der Waals surface area (Å²) in [6.07, 6.45) is 3.76. The zero-order valence-electron chi connectivity index (χ0n) is 15.0. The number of hydrogen-bond donors (Lipinski definition) is 1. The van der Waals surface area contributed by atoms with Crippen molar-refractivity contribution in [1.82, 2.24) is 14.8 Å². The minimum atomic E-state index is 0.992. The summed E-state index contributed by atoms with van der Waals surface area (Å²) in [7, 11) is 0. The molecule has 0 bridgehead atoms. The molecular formula is C21H28N4. The first kappa shape index (κ1) is 16.6. The van der Waals surface area contributed by atoms with Crippen molar-refractivity contribution in [1.29, 1.82) is 0 Å². The Bertz CT molecular complexity index is 680. The molecule has 0 saturated carbocycles. The number of benzene rings is 1. The molecule has 0 atom stereocenters. The van der Waals surface area contributed by atoms with Crippen LogP contribution in [0.4, 0.5) is 5.82 Å². The van der Waals surface area contributed by atoms with Crippen LogP contribution in [0.1, 0.15) is 29.7 Å². The molecule has 1 aromatic carbocycles. The molecule has 0 unspecified atom stereocenters. The highest BCUT2D eigenvalue weighted by Crippen LogP contribution is 2.21. The summed E-state index contributed by atoms with van der Waals surface area (Å²) in [5.41, 5.74) is 4.04. The minimum absolute atomic E-state index is 0.992. The second kappa shape index (κ2) is 7.98. The van der Waals surface area contributed by atoms with Gasteiger partial charge in [0.15, 0.2) is 0 Å². The van der Waals surface area contributed by atoms with Gasteiger partial charge in [0, 0.05) is 44.8 Å². The summed E-state index contributed by atoms with van der Waals surface area (Å²) in [5, 5.41) is 3.51. The summed E-state index contributed by atoms with van der Waals surface area (Å²) in [6.45, 7) is 7.76. The molecule has 0 spiro atoms. The Morgan fingerprint density at radius 3 is 2.60 bits per heavy atom. The van der Waals surface area contributed by atoms with E-state index in [1.165, 1.54) is 42.8 Å². The fourth-order valence-electron chi connectivity index (χ4n) is 3.90. The van der Waals surface area contributed by atoms with E-state index in [-0.39, 0.29) is 0 Å². The van der Waals surface area contributed by atoms with Gasteiger partial charge in [0.1, 0.15) is 5.82 Å². The summed E-state index contributed by atoms with van der Waals surface area (Å²) in [6, 6.07) is 15.1. The monoisotopic (exact) mass is 336 g/mol. The molecule has 2 aromatic rings. The quantitative estimate of drug-likeness (QED) is 0.878. The Balaban J connectivity index is 1.31. The smallest absolute Gasteiger partial charge is 0.126 e. The molecule has 1 fully saturated rings. The third-order valence-corrected chi connectivity index (χ3v) is 5.31. The van der Waals surface area contributed by atoms with Crippen LogP contribution in [-0.4, -0.2) is 47.5 Å². The van der Waals surface area contributed by atoms with Crippen LogP contribution in [0.25, 0.3) is 0 Å². The summed E-state index contributed by atoms with van der Waals surface area (Å²) in [5.74, 6) is 1.04. The van der Waals surface area contributed by atoms with E-state index in [1.54, 1.807) is 0 Å². The van der Waals surface area contributed by atoms with Crippen LogP contribution < -0.4 is 5.32 Å². The van der Waals surface area contributed by atoms with Crippen LogP contribution in [-0.2, 0) is 19.5 Å². The first-order chi connectivity index (χ1) is 12.4. The zero-order valence-corrected chi connectivity index (χ0v) is 15.0. The van der Waals surface area contributed by atoms with Gasteiger partial charge in [-0.1, -0.05) is 36.4 Å². The zero-order chi connectivity index (χ0) is 16.9. The molecule has 0 aliphatic carbocycles. The highest BCUT2D eigenvalue weighted by molar-refractivity contribution is 5.39. The van der Waals surface area contributed by atoms with Gasteiger partial charge in [-0.3, -0.25) is 4.90 Å². The summed E-state index contributed by atoms with van der Waals surface area (Å²) in [4.78, 5) is 9.91. The van der Waals surface area contributed by atoms with E-state index in [0.29, 0.717) is 0 Å². The second-order valence-corrected chi connectivity index (χ2v) is 7.22. The number of likely N-dealkylation sites (tertiary alicyclic amines) is 1. The molecule has 0 radical (unpaired) electrons. The Hall–Kier alpha value is -1.91. The predicted octanol–water partition coefficient (Wildman–Crippen LogP) is 3.15. The first-order valence-corrected chi connectivity index (χ1v) is 9.58. The number of fused-ring (bicyclic) bond motifs is 1. The predicted molar refractivity (Wildman–Crippen MR) is 103 cm³/mol. The largest absolute Gasteiger partial charge is 0.369 e. The van der Waals surface area contributed by atoms with Crippen LogP contribution in [0.3, 0.4) is 0 Å². The highest BCUT2D eigenvalue weighted by Gasteiger charge is 2.18. The van der Waals surface area contributed by atoms with E-state index >= 15 is 0 Å². The molecule has 2 aliphatic rings. The molecule has 1 saturated heterocycles. The number of hydrogen-bond acceptors (Lipinski definition) is 4. The number of aromatic nitrogens is 1. The lowest BCUT2D eigenvalue weighted by Gasteiger charge is -2.28. The highest BCUT2D eigenvalue weighted by atomic mass is 15.2. The molecule has 4 nitrogen and oxygen atoms in total. The molecule has 1 N–H and O–H groups in total. The fraction of sp³-hybridized carbons (Fsp3) is 0.476. The van der Waals surface area contributed by atoms with Crippen molar-refractivity contribution < 1.29 is 0 Å². The van der Waals surface area contributed by atoms with Gasteiger partial charge in [-0.15, -0.1) is 0 Å². The Labute approximate surface area is 150 Å². The lowest BCUT2D eigenvalue weighted by Crippen LogP contribution is -2.31. The summed E-state index contributed by atoms with van der Waals surface area (Å²) >= 11 is 0. The SMILES string of the molecule is c1ccc(CN2CCc3nc(NCCN4CCCC4)ccc3C2)cc1. The van der Waals surface area contributed by atoms with E-state index in [4.69, 9.17) is 4.98 Å². The van der Waals surface area contributed by atoms with Crippen LogP contribution >= 0.6 is 0 Å². The Morgan fingerprint density at radius 2 is 1.76 bits per heavy atom. The minimum Gasteiger partial charge on any atom is -0.369 e. The van der Waals surface area contributed by atoms with Gasteiger partial charge in [0.25, 0.3) is 0 Å². The van der Waals surface area contributed by atoms with Gasteiger partial charge in [0.05, 0.1) is 0 Å². The van der Waals surface area contributed by atoms with Gasteiger partial charge in [0.2, 0.25) is 0 Å². The van der Waals surface area contributed by atoms with Crippen molar-refractivity contribution in [3.63, 3.8) is 0 Å². The Morgan fingerprint density at radius 1 is 0.920 bits per heavy atom. The molecule has 4 rings (SSSR count). The fourth-order valence-corrected chi connectivity index (χ4v) is 3.90. The number of nitrogens with zero attached hydrogens (tertiary/aromatic N) is 3. The average Bonchev–Trinajstić information content (AvgIpc) is 3.16. The topological polar surface area (TPSA) is 31.4 Å². The Kier molecular flexibility index (Phi) is 5.28. The van der Waals surface area contributed by atoms with E-state index in [9.17, 15) is 0 Å². The van der Waals surface area contributed by atoms with Gasteiger partial charge in [-0.05, 0) is 43.1 Å². The van der Waals surface area contributed by atoms with E-state index in [1.807, 2.05) is 0 Å². The maximum absolute atomic E-state index is 4.86. The van der Waals surface area contributed by atoms with Crippen LogP contribution in [0.5, 0.6) is 0 Å². The third-order valence-electron chi connectivity index (χ3n) is 5.31. The van der Waals surface area contributed by atoms with Gasteiger partial charge in [-0.2, -0.15) is 0 Å². The lowest BCUT2D eigenvalue weighted by atomic mass is 10.0. The average molecular weight is 336 g/mol. The first-order valence-electron chi connectivity index (χ1n) is 9.58. The van der Waals surface area contributed by atoms with E-state index in [0.717, 1.165) is 45.0 Å². The standard InChI is InChI=1S/C21H28N4/c1-2-6-18(7-3-1)16-25-14-10-20-19(17-25)8-9-21(23-20)22-11-15-24-12-4-5-13-24/h1-3,6-9H,4-5,10-17H2,(H,22,23). The van der Waals surface area contributed by atoms with Gasteiger partial charge < -0.3 is 10.2 Å². The molecule has 4 heteroatoms. The van der Waals surface area contributed by atoms with Gasteiger partial charge in [-0.25, -0.2) is 4.98 Å². The molecule has 2 aliphatic heterocycles. The molecule has 25 heavy (non-hydrogen) atoms. The van der Waals surface area contributed by atoms with Crippen molar-refractivity contribution in [3.8, 4) is 0 Å². The molecule has 1 aromatic heterocycles. The van der Waals surface area contributed by atoms with Crippen molar-refractivity contribution >= 4 is 5.82 Å². The van der Waals surface area contributed by atoms with E-state index < -0.39 is 0 Å². The van der Waals surface area contributed by atoms with Crippen molar-refractivity contribution in [3.05, 3.63) is 59.3 Å². The number of anilines is 1. The molecule has 132 valence electrons. The second-order valence-electron chi connectivity index (χ2n) is 7.22. The third kappa shape index (κ3) is 4.39. The molecule has 3 heterocycles. The summed E-state index contributed by atoms with van der Waals surface area (Å²) < 4.78 is 0. The normalized spacial score (nSPS) is 18.2. The van der Waals surface area contributed by atoms with Crippen molar-refractivity contribution in [2.75, 3.05) is 38.0 Å².